The summed E-state index contributed by atoms with van der Waals surface area (Å²) >= 11 is 1.38. The fourth-order valence-electron chi connectivity index (χ4n) is 3.70. The third-order valence-corrected chi connectivity index (χ3v) is 6.73. The van der Waals surface area contributed by atoms with E-state index in [4.69, 9.17) is 14.2 Å². The van der Waals surface area contributed by atoms with Crippen LogP contribution in [0.25, 0.3) is 0 Å². The summed E-state index contributed by atoms with van der Waals surface area (Å²) in [5.74, 6) is -0.611. The van der Waals surface area contributed by atoms with Crippen molar-refractivity contribution in [3.05, 3.63) is 53.6 Å². The second kappa shape index (κ2) is 11.6. The summed E-state index contributed by atoms with van der Waals surface area (Å²) in [4.78, 5) is 42.8. The molecule has 0 spiro atoms. The number of hydrogen-bond acceptors (Lipinski definition) is 8. The van der Waals surface area contributed by atoms with E-state index in [1.165, 1.54) is 18.7 Å². The monoisotopic (exact) mass is 500 g/mol. The summed E-state index contributed by atoms with van der Waals surface area (Å²) < 4.78 is 16.3. The number of nitrogens with zero attached hydrogens (tertiary/aromatic N) is 2. The van der Waals surface area contributed by atoms with E-state index in [1.807, 2.05) is 31.1 Å². The second-order valence-corrected chi connectivity index (χ2v) is 9.95. The van der Waals surface area contributed by atoms with Crippen molar-refractivity contribution in [3.8, 4) is 5.75 Å². The second-order valence-electron chi connectivity index (χ2n) is 8.77. The van der Waals surface area contributed by atoms with Crippen molar-refractivity contribution in [2.75, 3.05) is 39.2 Å². The van der Waals surface area contributed by atoms with Crippen molar-refractivity contribution in [1.29, 1.82) is 0 Å². The minimum absolute atomic E-state index is 0.257. The molecule has 0 fully saturated rings. The SMILES string of the molecule is COc1ccc(C2Sc3cc(C(=O)OC(C)C)ccc3N(CCN(C)C)C(=O)C2OC(C)=O)cc1. The first kappa shape index (κ1) is 26.6. The van der Waals surface area contributed by atoms with E-state index < -0.39 is 23.3 Å². The van der Waals surface area contributed by atoms with Crippen molar-refractivity contribution in [2.24, 2.45) is 0 Å². The molecular weight excluding hydrogens is 468 g/mol. The first-order valence-electron chi connectivity index (χ1n) is 11.4. The van der Waals surface area contributed by atoms with Gasteiger partial charge in [0.15, 0.2) is 6.10 Å². The number of fused-ring (bicyclic) bond motifs is 1. The quantitative estimate of drug-likeness (QED) is 0.504. The molecular formula is C26H32N2O6S. The number of esters is 2. The summed E-state index contributed by atoms with van der Waals surface area (Å²) in [7, 11) is 5.43. The lowest BCUT2D eigenvalue weighted by Gasteiger charge is -2.28. The van der Waals surface area contributed by atoms with Crippen molar-refractivity contribution in [3.63, 3.8) is 0 Å². The maximum absolute atomic E-state index is 13.8. The third kappa shape index (κ3) is 6.55. The predicted octanol–water partition coefficient (Wildman–Crippen LogP) is 3.93. The van der Waals surface area contributed by atoms with Gasteiger partial charge in [0.05, 0.1) is 29.7 Å². The van der Waals surface area contributed by atoms with Gasteiger partial charge in [-0.15, -0.1) is 11.8 Å². The van der Waals surface area contributed by atoms with Crippen molar-refractivity contribution in [2.45, 2.75) is 43.1 Å². The molecule has 2 aromatic rings. The molecule has 0 aliphatic carbocycles. The fraction of sp³-hybridized carbons (Fsp3) is 0.423. The molecule has 2 atom stereocenters. The van der Waals surface area contributed by atoms with E-state index in [2.05, 4.69) is 0 Å². The number of amides is 1. The lowest BCUT2D eigenvalue weighted by atomic mass is 10.1. The minimum Gasteiger partial charge on any atom is -0.497 e. The number of benzene rings is 2. The standard InChI is InChI=1S/C26H32N2O6S/c1-16(2)33-26(31)19-9-12-21-22(15-19)35-24(18-7-10-20(32-6)11-8-18)23(34-17(3)29)25(30)28(21)14-13-27(4)5/h7-12,15-16,23-24H,13-14H2,1-6H3. The highest BCUT2D eigenvalue weighted by Crippen LogP contribution is 2.47. The number of ether oxygens (including phenoxy) is 3. The van der Waals surface area contributed by atoms with Crippen LogP contribution < -0.4 is 9.64 Å². The van der Waals surface area contributed by atoms with Crippen LogP contribution in [0.15, 0.2) is 47.4 Å². The molecule has 2 unspecified atom stereocenters. The number of thioether (sulfide) groups is 1. The number of rotatable bonds is 8. The van der Waals surface area contributed by atoms with Crippen LogP contribution in [-0.2, 0) is 19.1 Å². The predicted molar refractivity (Wildman–Crippen MR) is 135 cm³/mol. The van der Waals surface area contributed by atoms with Gasteiger partial charge in [0.1, 0.15) is 5.75 Å². The van der Waals surface area contributed by atoms with Gasteiger partial charge in [0, 0.05) is 24.9 Å². The largest absolute Gasteiger partial charge is 0.497 e. The maximum atomic E-state index is 13.8. The Morgan fingerprint density at radius 2 is 1.80 bits per heavy atom. The zero-order valence-electron chi connectivity index (χ0n) is 20.9. The van der Waals surface area contributed by atoms with Crippen LogP contribution in [0.5, 0.6) is 5.75 Å². The average molecular weight is 501 g/mol. The first-order chi connectivity index (χ1) is 16.6. The van der Waals surface area contributed by atoms with Gasteiger partial charge in [-0.05, 0) is 63.8 Å². The number of anilines is 1. The molecule has 2 aromatic carbocycles. The van der Waals surface area contributed by atoms with Crippen molar-refractivity contribution >= 4 is 35.3 Å². The lowest BCUT2D eigenvalue weighted by molar-refractivity contribution is -0.152. The Balaban J connectivity index is 2.12. The summed E-state index contributed by atoms with van der Waals surface area (Å²) in [5.41, 5.74) is 1.85. The van der Waals surface area contributed by atoms with Gasteiger partial charge in [-0.2, -0.15) is 0 Å². The molecule has 0 saturated carbocycles. The van der Waals surface area contributed by atoms with E-state index in [1.54, 1.807) is 56.2 Å². The molecule has 9 heteroatoms. The Bertz CT molecular complexity index is 1070. The van der Waals surface area contributed by atoms with Crippen LogP contribution in [0.4, 0.5) is 5.69 Å². The van der Waals surface area contributed by atoms with Gasteiger partial charge >= 0.3 is 11.9 Å². The smallest absolute Gasteiger partial charge is 0.338 e. The maximum Gasteiger partial charge on any atom is 0.338 e. The molecule has 0 radical (unpaired) electrons. The molecule has 0 bridgehead atoms. The molecule has 0 N–H and O–H groups in total. The summed E-state index contributed by atoms with van der Waals surface area (Å²) in [5, 5.41) is -0.531. The molecule has 3 rings (SSSR count). The zero-order valence-corrected chi connectivity index (χ0v) is 21.8. The minimum atomic E-state index is -1.05. The molecule has 0 aromatic heterocycles. The highest BCUT2D eigenvalue weighted by Gasteiger charge is 2.41. The van der Waals surface area contributed by atoms with E-state index in [9.17, 15) is 14.4 Å². The normalized spacial score (nSPS) is 17.7. The Hall–Kier alpha value is -3.04. The van der Waals surface area contributed by atoms with E-state index in [0.717, 1.165) is 10.5 Å². The summed E-state index contributed by atoms with van der Waals surface area (Å²) in [6.07, 6.45) is -1.31. The van der Waals surface area contributed by atoms with Crippen LogP contribution in [0.3, 0.4) is 0 Å². The van der Waals surface area contributed by atoms with Gasteiger partial charge in [-0.25, -0.2) is 4.79 Å². The summed E-state index contributed by atoms with van der Waals surface area (Å²) in [6, 6.07) is 12.5. The number of carbonyl (C=O) groups excluding carboxylic acids is 3. The van der Waals surface area contributed by atoms with E-state index in [0.29, 0.717) is 30.1 Å². The Kier molecular flexibility index (Phi) is 8.80. The van der Waals surface area contributed by atoms with Crippen LogP contribution in [0.2, 0.25) is 0 Å². The molecule has 1 amide bonds. The van der Waals surface area contributed by atoms with Crippen molar-refractivity contribution in [1.82, 2.24) is 4.90 Å². The van der Waals surface area contributed by atoms with Crippen molar-refractivity contribution < 1.29 is 28.6 Å². The van der Waals surface area contributed by atoms with Crippen LogP contribution in [-0.4, -0.2) is 69.2 Å². The number of methoxy groups -OCH3 is 1. The molecule has 35 heavy (non-hydrogen) atoms. The molecule has 1 aliphatic heterocycles. The van der Waals surface area contributed by atoms with Crippen LogP contribution >= 0.6 is 11.8 Å². The van der Waals surface area contributed by atoms with Gasteiger partial charge in [-0.1, -0.05) is 12.1 Å². The fourth-order valence-corrected chi connectivity index (χ4v) is 5.06. The van der Waals surface area contributed by atoms with Gasteiger partial charge < -0.3 is 24.0 Å². The molecule has 1 heterocycles. The highest BCUT2D eigenvalue weighted by atomic mass is 32.2. The first-order valence-corrected chi connectivity index (χ1v) is 12.3. The zero-order chi connectivity index (χ0) is 25.7. The van der Waals surface area contributed by atoms with Gasteiger partial charge in [0.2, 0.25) is 0 Å². The Morgan fingerprint density at radius 3 is 2.37 bits per heavy atom. The number of carbonyl (C=O) groups is 3. The van der Waals surface area contributed by atoms with E-state index >= 15 is 0 Å². The van der Waals surface area contributed by atoms with E-state index in [-0.39, 0.29) is 12.0 Å². The van der Waals surface area contributed by atoms with Gasteiger partial charge in [-0.3, -0.25) is 9.59 Å². The van der Waals surface area contributed by atoms with Gasteiger partial charge in [0.25, 0.3) is 5.91 Å². The molecule has 188 valence electrons. The third-order valence-electron chi connectivity index (χ3n) is 5.38. The number of likely N-dealkylation sites (N-methyl/N-ethyl adjacent to an activating group) is 1. The molecule has 8 nitrogen and oxygen atoms in total. The Labute approximate surface area is 210 Å². The average Bonchev–Trinajstić information content (AvgIpc) is 2.91. The number of hydrogen-bond donors (Lipinski definition) is 0. The highest BCUT2D eigenvalue weighted by molar-refractivity contribution is 7.99. The lowest BCUT2D eigenvalue weighted by Crippen LogP contribution is -2.45. The van der Waals surface area contributed by atoms with Crippen LogP contribution in [0.1, 0.15) is 41.9 Å². The molecule has 0 saturated heterocycles. The topological polar surface area (TPSA) is 85.4 Å². The Morgan fingerprint density at radius 1 is 1.11 bits per heavy atom. The van der Waals surface area contributed by atoms with Crippen LogP contribution in [0, 0.1) is 0 Å². The molecule has 1 aliphatic rings. The summed E-state index contributed by atoms with van der Waals surface area (Å²) in [6.45, 7) is 5.88.